The van der Waals surface area contributed by atoms with E-state index in [1.54, 1.807) is 0 Å². The molecule has 1 heterocycles. The van der Waals surface area contributed by atoms with E-state index in [2.05, 4.69) is 32.6 Å². The molecule has 0 bridgehead atoms. The minimum Gasteiger partial charge on any atom is -0.327 e. The lowest BCUT2D eigenvalue weighted by molar-refractivity contribution is 0.0643. The van der Waals surface area contributed by atoms with Gasteiger partial charge in [0.1, 0.15) is 0 Å². The Kier molecular flexibility index (Phi) is 4.38. The van der Waals surface area contributed by atoms with Crippen molar-refractivity contribution in [3.05, 3.63) is 0 Å². The summed E-state index contributed by atoms with van der Waals surface area (Å²) >= 11 is 0. The average molecular weight is 252 g/mol. The van der Waals surface area contributed by atoms with Crippen LogP contribution in [0.25, 0.3) is 0 Å². The molecule has 106 valence electrons. The Labute approximate surface area is 113 Å². The third-order valence-electron chi connectivity index (χ3n) is 5.29. The molecule has 1 aliphatic heterocycles. The maximum atomic E-state index is 6.37. The SMILES string of the molecule is CC1CCC(C)N(CC2CC(C)(C)CCC2N)C1. The number of nitrogens with zero attached hydrogens (tertiary/aromatic N) is 1. The first-order chi connectivity index (χ1) is 8.37. The van der Waals surface area contributed by atoms with Crippen molar-refractivity contribution < 1.29 is 0 Å². The van der Waals surface area contributed by atoms with Gasteiger partial charge in [-0.3, -0.25) is 0 Å². The standard InChI is InChI=1S/C16H32N2/c1-12-5-6-13(2)18(10-12)11-14-9-16(3,4)8-7-15(14)17/h12-15H,5-11,17H2,1-4H3. The van der Waals surface area contributed by atoms with E-state index in [4.69, 9.17) is 5.73 Å². The topological polar surface area (TPSA) is 29.3 Å². The summed E-state index contributed by atoms with van der Waals surface area (Å²) in [6.45, 7) is 12.1. The highest BCUT2D eigenvalue weighted by molar-refractivity contribution is 4.90. The predicted octanol–water partition coefficient (Wildman–Crippen LogP) is 3.26. The molecule has 0 aromatic carbocycles. The summed E-state index contributed by atoms with van der Waals surface area (Å²) in [7, 11) is 0. The maximum Gasteiger partial charge on any atom is 0.00797 e. The maximum absolute atomic E-state index is 6.37. The van der Waals surface area contributed by atoms with Crippen molar-refractivity contribution in [1.29, 1.82) is 0 Å². The molecule has 0 aromatic heterocycles. The minimum atomic E-state index is 0.433. The van der Waals surface area contributed by atoms with Crippen molar-refractivity contribution in [3.8, 4) is 0 Å². The molecular weight excluding hydrogens is 220 g/mol. The summed E-state index contributed by atoms with van der Waals surface area (Å²) in [5.74, 6) is 1.58. The zero-order valence-corrected chi connectivity index (χ0v) is 12.8. The highest BCUT2D eigenvalue weighted by Gasteiger charge is 2.35. The summed E-state index contributed by atoms with van der Waals surface area (Å²) < 4.78 is 0. The van der Waals surface area contributed by atoms with Crippen LogP contribution >= 0.6 is 0 Å². The van der Waals surface area contributed by atoms with E-state index in [0.717, 1.165) is 12.0 Å². The van der Waals surface area contributed by atoms with Gasteiger partial charge in [-0.2, -0.15) is 0 Å². The molecule has 2 heteroatoms. The van der Waals surface area contributed by atoms with E-state index in [-0.39, 0.29) is 0 Å². The van der Waals surface area contributed by atoms with Gasteiger partial charge >= 0.3 is 0 Å². The number of nitrogens with two attached hydrogens (primary N) is 1. The van der Waals surface area contributed by atoms with E-state index in [1.165, 1.54) is 45.2 Å². The fourth-order valence-corrected chi connectivity index (χ4v) is 3.89. The first-order valence-corrected chi connectivity index (χ1v) is 7.87. The molecule has 1 saturated carbocycles. The van der Waals surface area contributed by atoms with Crippen molar-refractivity contribution in [1.82, 2.24) is 4.90 Å². The normalized spacial score (nSPS) is 41.8. The van der Waals surface area contributed by atoms with Crippen LogP contribution < -0.4 is 5.73 Å². The minimum absolute atomic E-state index is 0.433. The van der Waals surface area contributed by atoms with Crippen LogP contribution in [-0.2, 0) is 0 Å². The van der Waals surface area contributed by atoms with Crippen LogP contribution in [0.5, 0.6) is 0 Å². The largest absolute Gasteiger partial charge is 0.327 e. The quantitative estimate of drug-likeness (QED) is 0.817. The van der Waals surface area contributed by atoms with Gasteiger partial charge in [0, 0.05) is 25.2 Å². The van der Waals surface area contributed by atoms with E-state index in [1.807, 2.05) is 0 Å². The molecule has 2 rings (SSSR count). The molecule has 0 radical (unpaired) electrons. The second-order valence-electron chi connectivity index (χ2n) is 7.82. The second-order valence-corrected chi connectivity index (χ2v) is 7.82. The van der Waals surface area contributed by atoms with Crippen molar-refractivity contribution in [2.24, 2.45) is 23.0 Å². The molecule has 2 fully saturated rings. The number of hydrogen-bond acceptors (Lipinski definition) is 2. The highest BCUT2D eigenvalue weighted by atomic mass is 15.2. The van der Waals surface area contributed by atoms with E-state index < -0.39 is 0 Å². The molecule has 4 atom stereocenters. The van der Waals surface area contributed by atoms with Crippen LogP contribution in [-0.4, -0.2) is 30.1 Å². The summed E-state index contributed by atoms with van der Waals surface area (Å²) in [4.78, 5) is 2.71. The molecular formula is C16H32N2. The fraction of sp³-hybridized carbons (Fsp3) is 1.00. The number of hydrogen-bond donors (Lipinski definition) is 1. The van der Waals surface area contributed by atoms with Crippen LogP contribution in [0.3, 0.4) is 0 Å². The number of rotatable bonds is 2. The molecule has 18 heavy (non-hydrogen) atoms. The zero-order valence-electron chi connectivity index (χ0n) is 12.8. The molecule has 0 spiro atoms. The third kappa shape index (κ3) is 3.48. The molecule has 2 nitrogen and oxygen atoms in total. The molecule has 0 amide bonds. The summed E-state index contributed by atoms with van der Waals surface area (Å²) in [6, 6.07) is 1.20. The van der Waals surface area contributed by atoms with Crippen molar-refractivity contribution in [3.63, 3.8) is 0 Å². The molecule has 2 aliphatic rings. The fourth-order valence-electron chi connectivity index (χ4n) is 3.89. The second kappa shape index (κ2) is 5.50. The van der Waals surface area contributed by atoms with E-state index >= 15 is 0 Å². The Hall–Kier alpha value is -0.0800. The lowest BCUT2D eigenvalue weighted by Crippen LogP contribution is -2.49. The van der Waals surface area contributed by atoms with Gasteiger partial charge in [0.25, 0.3) is 0 Å². The molecule has 1 aliphatic carbocycles. The smallest absolute Gasteiger partial charge is 0.00797 e. The van der Waals surface area contributed by atoms with Gasteiger partial charge in [-0.25, -0.2) is 0 Å². The molecule has 2 N–H and O–H groups in total. The first-order valence-electron chi connectivity index (χ1n) is 7.87. The lowest BCUT2D eigenvalue weighted by atomic mass is 9.70. The monoisotopic (exact) mass is 252 g/mol. The third-order valence-corrected chi connectivity index (χ3v) is 5.29. The first kappa shape index (κ1) is 14.3. The van der Waals surface area contributed by atoms with Crippen molar-refractivity contribution >= 4 is 0 Å². The Morgan fingerprint density at radius 1 is 1.17 bits per heavy atom. The number of likely N-dealkylation sites (tertiary alicyclic amines) is 1. The van der Waals surface area contributed by atoms with Gasteiger partial charge in [0.2, 0.25) is 0 Å². The Balaban J connectivity index is 1.94. The summed E-state index contributed by atoms with van der Waals surface area (Å²) in [5.41, 5.74) is 6.88. The van der Waals surface area contributed by atoms with Crippen LogP contribution in [0.15, 0.2) is 0 Å². The van der Waals surface area contributed by atoms with E-state index in [9.17, 15) is 0 Å². The van der Waals surface area contributed by atoms with Crippen molar-refractivity contribution in [2.45, 2.75) is 71.9 Å². The van der Waals surface area contributed by atoms with Crippen molar-refractivity contribution in [2.75, 3.05) is 13.1 Å². The van der Waals surface area contributed by atoms with Crippen LogP contribution in [0, 0.1) is 17.3 Å². The Morgan fingerprint density at radius 2 is 1.89 bits per heavy atom. The van der Waals surface area contributed by atoms with E-state index in [0.29, 0.717) is 17.4 Å². The van der Waals surface area contributed by atoms with Crippen LogP contribution in [0.1, 0.15) is 59.8 Å². The van der Waals surface area contributed by atoms with Gasteiger partial charge in [-0.15, -0.1) is 0 Å². The molecule has 0 aromatic rings. The highest BCUT2D eigenvalue weighted by Crippen LogP contribution is 2.39. The average Bonchev–Trinajstić information content (AvgIpc) is 2.28. The van der Waals surface area contributed by atoms with Gasteiger partial charge in [0.05, 0.1) is 0 Å². The van der Waals surface area contributed by atoms with Gasteiger partial charge < -0.3 is 10.6 Å². The Morgan fingerprint density at radius 3 is 2.61 bits per heavy atom. The molecule has 1 saturated heterocycles. The number of piperidine rings is 1. The molecule has 4 unspecified atom stereocenters. The zero-order chi connectivity index (χ0) is 13.3. The van der Waals surface area contributed by atoms with Crippen LogP contribution in [0.2, 0.25) is 0 Å². The Bertz CT molecular complexity index is 274. The van der Waals surface area contributed by atoms with Crippen LogP contribution in [0.4, 0.5) is 0 Å². The summed E-state index contributed by atoms with van der Waals surface area (Å²) in [5, 5.41) is 0. The van der Waals surface area contributed by atoms with Gasteiger partial charge in [-0.1, -0.05) is 20.8 Å². The summed E-state index contributed by atoms with van der Waals surface area (Å²) in [6.07, 6.45) is 6.60. The predicted molar refractivity (Wildman–Crippen MR) is 78.5 cm³/mol. The van der Waals surface area contributed by atoms with Gasteiger partial charge in [-0.05, 0) is 56.3 Å². The van der Waals surface area contributed by atoms with Gasteiger partial charge in [0.15, 0.2) is 0 Å². The lowest BCUT2D eigenvalue weighted by Gasteiger charge is -2.44.